The predicted octanol–water partition coefficient (Wildman–Crippen LogP) is 16.8. The summed E-state index contributed by atoms with van der Waals surface area (Å²) in [4.78, 5) is 2.34. The molecule has 0 atom stereocenters. The second kappa shape index (κ2) is 15.3. The van der Waals surface area contributed by atoms with E-state index in [9.17, 15) is 0 Å². The molecule has 0 radical (unpaired) electrons. The van der Waals surface area contributed by atoms with Crippen molar-refractivity contribution < 1.29 is 4.42 Å². The Balaban J connectivity index is 0.908. The molecular weight excluding hydrogens is 765 g/mol. The van der Waals surface area contributed by atoms with Gasteiger partial charge in [0.05, 0.1) is 11.0 Å². The molecule has 0 fully saturated rings. The van der Waals surface area contributed by atoms with E-state index in [4.69, 9.17) is 4.42 Å². The van der Waals surface area contributed by atoms with Gasteiger partial charge in [0, 0.05) is 44.3 Å². The van der Waals surface area contributed by atoms with Crippen LogP contribution in [-0.4, -0.2) is 4.57 Å². The van der Waals surface area contributed by atoms with E-state index < -0.39 is 0 Å². The van der Waals surface area contributed by atoms with Crippen molar-refractivity contribution >= 4 is 60.8 Å². The van der Waals surface area contributed by atoms with Crippen LogP contribution in [0.15, 0.2) is 247 Å². The summed E-state index contributed by atoms with van der Waals surface area (Å²) in [7, 11) is 0. The number of hydrogen-bond donors (Lipinski definition) is 0. The van der Waals surface area contributed by atoms with Crippen molar-refractivity contribution in [2.24, 2.45) is 0 Å². The van der Waals surface area contributed by atoms with Gasteiger partial charge in [-0.2, -0.15) is 0 Å². The minimum absolute atomic E-state index is 0.880. The predicted molar refractivity (Wildman–Crippen MR) is 264 cm³/mol. The monoisotopic (exact) mass is 804 g/mol. The fraction of sp³-hybridized carbons (Fsp3) is 0. The van der Waals surface area contributed by atoms with Crippen LogP contribution in [0, 0.1) is 0 Å². The number of nitrogens with zero attached hydrogens (tertiary/aromatic N) is 2. The number of anilines is 3. The molecular formula is C60H40N2O. The highest BCUT2D eigenvalue weighted by molar-refractivity contribution is 6.11. The van der Waals surface area contributed by atoms with Gasteiger partial charge < -0.3 is 13.9 Å². The Bertz CT molecular complexity index is 3570. The molecule has 3 heteroatoms. The zero-order chi connectivity index (χ0) is 41.7. The van der Waals surface area contributed by atoms with Gasteiger partial charge in [-0.25, -0.2) is 0 Å². The summed E-state index contributed by atoms with van der Waals surface area (Å²) in [5, 5.41) is 4.68. The Labute approximate surface area is 366 Å². The standard InChI is InChI=1S/C60H40N2O/c1-3-11-41(12-4-1)43-19-21-44(22-20-43)46-23-30-49(31-24-46)61(52-36-38-60-56(40-52)54-16-8-10-18-59(54)63-60)50-32-27-47(28-33-50)48-29-37-58-55(39-48)53-15-7-9-17-57(53)62(58)51-34-25-45(26-35-51)42-13-5-2-6-14-42/h1-40H. The summed E-state index contributed by atoms with van der Waals surface area (Å²) in [5.74, 6) is 0. The molecule has 12 rings (SSSR count). The third-order valence-electron chi connectivity index (χ3n) is 12.4. The zero-order valence-electron chi connectivity index (χ0n) is 34.4. The van der Waals surface area contributed by atoms with E-state index in [2.05, 4.69) is 240 Å². The molecule has 0 amide bonds. The van der Waals surface area contributed by atoms with Crippen LogP contribution in [-0.2, 0) is 0 Å². The van der Waals surface area contributed by atoms with Crippen LogP contribution < -0.4 is 4.90 Å². The van der Waals surface area contributed by atoms with Gasteiger partial charge >= 0.3 is 0 Å². The highest BCUT2D eigenvalue weighted by atomic mass is 16.3. The second-order valence-corrected chi connectivity index (χ2v) is 16.1. The van der Waals surface area contributed by atoms with Crippen molar-refractivity contribution in [3.8, 4) is 50.2 Å². The van der Waals surface area contributed by atoms with E-state index in [1.807, 2.05) is 12.1 Å². The number of fused-ring (bicyclic) bond motifs is 6. The lowest BCUT2D eigenvalue weighted by Gasteiger charge is -2.26. The maximum atomic E-state index is 6.25. The lowest BCUT2D eigenvalue weighted by atomic mass is 10.00. The van der Waals surface area contributed by atoms with Gasteiger partial charge in [-0.15, -0.1) is 0 Å². The maximum Gasteiger partial charge on any atom is 0.135 e. The minimum Gasteiger partial charge on any atom is -0.456 e. The van der Waals surface area contributed by atoms with E-state index in [1.165, 1.54) is 60.8 Å². The molecule has 0 aliphatic carbocycles. The van der Waals surface area contributed by atoms with E-state index in [-0.39, 0.29) is 0 Å². The topological polar surface area (TPSA) is 21.3 Å². The molecule has 0 N–H and O–H groups in total. The van der Waals surface area contributed by atoms with Crippen molar-refractivity contribution in [1.82, 2.24) is 4.57 Å². The Hall–Kier alpha value is -8.40. The number of hydrogen-bond acceptors (Lipinski definition) is 2. The molecule has 296 valence electrons. The van der Waals surface area contributed by atoms with Gasteiger partial charge in [-0.3, -0.25) is 0 Å². The first-order valence-electron chi connectivity index (χ1n) is 21.5. The summed E-state index contributed by atoms with van der Waals surface area (Å²) < 4.78 is 8.63. The lowest BCUT2D eigenvalue weighted by molar-refractivity contribution is 0.669. The maximum absolute atomic E-state index is 6.25. The van der Waals surface area contributed by atoms with Gasteiger partial charge in [0.1, 0.15) is 11.2 Å². The summed E-state index contributed by atoms with van der Waals surface area (Å²) in [6.45, 7) is 0. The normalized spacial score (nSPS) is 11.5. The largest absolute Gasteiger partial charge is 0.456 e. The van der Waals surface area contributed by atoms with Gasteiger partial charge in [0.25, 0.3) is 0 Å². The average molecular weight is 805 g/mol. The third kappa shape index (κ3) is 6.55. The molecule has 10 aromatic carbocycles. The second-order valence-electron chi connectivity index (χ2n) is 16.1. The van der Waals surface area contributed by atoms with Crippen LogP contribution in [0.3, 0.4) is 0 Å². The first kappa shape index (κ1) is 36.5. The van der Waals surface area contributed by atoms with Gasteiger partial charge in [0.2, 0.25) is 0 Å². The van der Waals surface area contributed by atoms with E-state index in [1.54, 1.807) is 0 Å². The van der Waals surface area contributed by atoms with Crippen molar-refractivity contribution in [3.63, 3.8) is 0 Å². The Morgan fingerprint density at radius 1 is 0.270 bits per heavy atom. The number of benzene rings is 10. The van der Waals surface area contributed by atoms with E-state index in [0.29, 0.717) is 0 Å². The molecule has 0 saturated heterocycles. The van der Waals surface area contributed by atoms with Crippen molar-refractivity contribution in [2.75, 3.05) is 4.90 Å². The van der Waals surface area contributed by atoms with E-state index >= 15 is 0 Å². The number of rotatable bonds is 8. The summed E-state index contributed by atoms with van der Waals surface area (Å²) in [6, 6.07) is 87.1. The molecule has 3 nitrogen and oxygen atoms in total. The molecule has 2 heterocycles. The quantitative estimate of drug-likeness (QED) is 0.153. The summed E-state index contributed by atoms with van der Waals surface area (Å²) >= 11 is 0. The van der Waals surface area contributed by atoms with Gasteiger partial charge in [0.15, 0.2) is 0 Å². The van der Waals surface area contributed by atoms with Gasteiger partial charge in [-0.05, 0) is 123 Å². The van der Waals surface area contributed by atoms with Crippen LogP contribution in [0.25, 0.3) is 93.9 Å². The van der Waals surface area contributed by atoms with Crippen LogP contribution >= 0.6 is 0 Å². The summed E-state index contributed by atoms with van der Waals surface area (Å²) in [5.41, 5.74) is 18.1. The van der Waals surface area contributed by atoms with Crippen molar-refractivity contribution in [3.05, 3.63) is 243 Å². The molecule has 63 heavy (non-hydrogen) atoms. The van der Waals surface area contributed by atoms with Crippen molar-refractivity contribution in [1.29, 1.82) is 0 Å². The summed E-state index contributed by atoms with van der Waals surface area (Å²) in [6.07, 6.45) is 0. The van der Waals surface area contributed by atoms with Gasteiger partial charge in [-0.1, -0.05) is 164 Å². The number of para-hydroxylation sites is 2. The Morgan fingerprint density at radius 2 is 0.698 bits per heavy atom. The highest BCUT2D eigenvalue weighted by Crippen LogP contribution is 2.41. The zero-order valence-corrected chi connectivity index (χ0v) is 34.4. The molecule has 0 aliphatic rings. The third-order valence-corrected chi connectivity index (χ3v) is 12.4. The van der Waals surface area contributed by atoms with Crippen LogP contribution in [0.2, 0.25) is 0 Å². The molecule has 0 unspecified atom stereocenters. The average Bonchev–Trinajstić information content (AvgIpc) is 3.90. The number of furan rings is 1. The van der Waals surface area contributed by atoms with Crippen LogP contribution in [0.5, 0.6) is 0 Å². The highest BCUT2D eigenvalue weighted by Gasteiger charge is 2.18. The van der Waals surface area contributed by atoms with Crippen LogP contribution in [0.4, 0.5) is 17.1 Å². The first-order valence-corrected chi connectivity index (χ1v) is 21.5. The molecule has 2 aromatic heterocycles. The first-order chi connectivity index (χ1) is 31.2. The van der Waals surface area contributed by atoms with Crippen LogP contribution in [0.1, 0.15) is 0 Å². The molecule has 0 bridgehead atoms. The van der Waals surface area contributed by atoms with E-state index in [0.717, 1.165) is 50.3 Å². The Morgan fingerprint density at radius 3 is 1.32 bits per heavy atom. The molecule has 12 aromatic rings. The van der Waals surface area contributed by atoms with Crippen molar-refractivity contribution in [2.45, 2.75) is 0 Å². The lowest BCUT2D eigenvalue weighted by Crippen LogP contribution is -2.09. The molecule has 0 spiro atoms. The minimum atomic E-state index is 0.880. The fourth-order valence-corrected chi connectivity index (χ4v) is 9.26. The smallest absolute Gasteiger partial charge is 0.135 e. The fourth-order valence-electron chi connectivity index (χ4n) is 9.26. The molecule has 0 aliphatic heterocycles. The number of aromatic nitrogens is 1. The molecule has 0 saturated carbocycles. The SMILES string of the molecule is c1ccc(-c2ccc(-c3ccc(N(c4ccc(-c5ccc6c(c5)c5ccccc5n6-c5ccc(-c6ccccc6)cc5)cc4)c4ccc5oc6ccccc6c5c4)cc3)cc2)cc1. The Kier molecular flexibility index (Phi) is 8.83.